The van der Waals surface area contributed by atoms with E-state index in [1.807, 2.05) is 0 Å². The van der Waals surface area contributed by atoms with Crippen molar-refractivity contribution < 1.29 is 28.0 Å². The van der Waals surface area contributed by atoms with Crippen LogP contribution in [0, 0.1) is 10.1 Å². The van der Waals surface area contributed by atoms with Crippen LogP contribution in [0.25, 0.3) is 11.1 Å². The first-order valence-corrected chi connectivity index (χ1v) is 7.71. The molecule has 2 heterocycles. The van der Waals surface area contributed by atoms with Crippen molar-refractivity contribution in [3.05, 3.63) is 64.0 Å². The highest BCUT2D eigenvalue weighted by molar-refractivity contribution is 6.07. The summed E-state index contributed by atoms with van der Waals surface area (Å²) in [7, 11) is 1.19. The second-order valence-electron chi connectivity index (χ2n) is 6.09. The van der Waals surface area contributed by atoms with Gasteiger partial charge in [-0.05, 0) is 18.2 Å². The molecular formula is C17H11F2N3O5. The van der Waals surface area contributed by atoms with Crippen LogP contribution >= 0.6 is 0 Å². The minimum atomic E-state index is -4.28. The van der Waals surface area contributed by atoms with Crippen LogP contribution in [0.15, 0.2) is 46.9 Å². The number of nitro groups is 1. The average molecular weight is 375 g/mol. The number of aliphatic hydroxyl groups is 1. The van der Waals surface area contributed by atoms with E-state index in [-0.39, 0.29) is 16.8 Å². The lowest BCUT2D eigenvalue weighted by Gasteiger charge is -2.28. The Morgan fingerprint density at radius 2 is 2.00 bits per heavy atom. The van der Waals surface area contributed by atoms with Crippen molar-refractivity contribution in [2.24, 2.45) is 0 Å². The second kappa shape index (κ2) is 5.30. The van der Waals surface area contributed by atoms with Gasteiger partial charge in [0, 0.05) is 24.7 Å². The lowest BCUT2D eigenvalue weighted by atomic mass is 9.88. The minimum absolute atomic E-state index is 0.0499. The Kier molecular flexibility index (Phi) is 3.34. The van der Waals surface area contributed by atoms with E-state index in [4.69, 9.17) is 4.42 Å². The molecule has 8 nitrogen and oxygen atoms in total. The van der Waals surface area contributed by atoms with Crippen LogP contribution in [0.4, 0.5) is 20.2 Å². The van der Waals surface area contributed by atoms with Gasteiger partial charge in [-0.15, -0.1) is 0 Å². The fraction of sp³-hybridized carbons (Fsp3) is 0.176. The summed E-state index contributed by atoms with van der Waals surface area (Å²) >= 11 is 0. The molecule has 1 aliphatic heterocycles. The standard InChI is InChI=1S/C17H11F2N3O5/c1-21-12-7-6-9(22(25)26)8-10(12)16(24,15(21)23)17(18,19)14-20-11-4-2-3-5-13(11)27-14/h2-8,24H,1H3. The predicted molar refractivity (Wildman–Crippen MR) is 88.3 cm³/mol. The van der Waals surface area contributed by atoms with Crippen molar-refractivity contribution >= 4 is 28.4 Å². The molecule has 0 fully saturated rings. The molecule has 1 aromatic heterocycles. The molecule has 4 rings (SSSR count). The normalized spacial score (nSPS) is 19.6. The number of fused-ring (bicyclic) bond motifs is 2. The number of hydrogen-bond acceptors (Lipinski definition) is 6. The van der Waals surface area contributed by atoms with Crippen LogP contribution < -0.4 is 4.90 Å². The van der Waals surface area contributed by atoms with Crippen LogP contribution in [0.5, 0.6) is 0 Å². The number of para-hydroxylation sites is 2. The van der Waals surface area contributed by atoms with Gasteiger partial charge in [-0.25, -0.2) is 4.98 Å². The number of anilines is 1. The molecule has 0 radical (unpaired) electrons. The largest absolute Gasteiger partial charge is 0.435 e. The van der Waals surface area contributed by atoms with Gasteiger partial charge in [-0.1, -0.05) is 12.1 Å². The predicted octanol–water partition coefficient (Wildman–Crippen LogP) is 2.69. The maximum atomic E-state index is 15.3. The molecule has 0 bridgehead atoms. The maximum absolute atomic E-state index is 15.3. The van der Waals surface area contributed by atoms with Crippen molar-refractivity contribution in [1.82, 2.24) is 4.98 Å². The third kappa shape index (κ3) is 2.10. The molecule has 2 aromatic carbocycles. The number of rotatable bonds is 3. The van der Waals surface area contributed by atoms with E-state index in [1.165, 1.54) is 19.2 Å². The van der Waals surface area contributed by atoms with E-state index < -0.39 is 39.5 Å². The van der Waals surface area contributed by atoms with E-state index in [2.05, 4.69) is 4.98 Å². The smallest absolute Gasteiger partial charge is 0.363 e. The number of non-ortho nitro benzene ring substituents is 1. The van der Waals surface area contributed by atoms with Crippen molar-refractivity contribution in [3.63, 3.8) is 0 Å². The van der Waals surface area contributed by atoms with Crippen LogP contribution in [-0.4, -0.2) is 28.0 Å². The summed E-state index contributed by atoms with van der Waals surface area (Å²) < 4.78 is 35.7. The number of oxazole rings is 1. The monoisotopic (exact) mass is 375 g/mol. The number of hydrogen-bond donors (Lipinski definition) is 1. The van der Waals surface area contributed by atoms with Crippen LogP contribution in [0.2, 0.25) is 0 Å². The minimum Gasteiger partial charge on any atom is -0.435 e. The summed E-state index contributed by atoms with van der Waals surface area (Å²) in [5.41, 5.74) is -4.42. The Morgan fingerprint density at radius 3 is 2.67 bits per heavy atom. The number of likely N-dealkylation sites (N-methyl/N-ethyl adjacent to an activating group) is 1. The molecular weight excluding hydrogens is 364 g/mol. The fourth-order valence-corrected chi connectivity index (χ4v) is 3.15. The Bertz CT molecular complexity index is 1080. The van der Waals surface area contributed by atoms with E-state index in [0.29, 0.717) is 0 Å². The van der Waals surface area contributed by atoms with Crippen LogP contribution in [-0.2, 0) is 16.3 Å². The third-order valence-corrected chi connectivity index (χ3v) is 4.57. The van der Waals surface area contributed by atoms with Crippen molar-refractivity contribution in [2.75, 3.05) is 11.9 Å². The number of alkyl halides is 2. The van der Waals surface area contributed by atoms with Gasteiger partial charge in [0.2, 0.25) is 5.60 Å². The summed E-state index contributed by atoms with van der Waals surface area (Å²) in [4.78, 5) is 27.3. The van der Waals surface area contributed by atoms with Crippen molar-refractivity contribution in [3.8, 4) is 0 Å². The zero-order valence-corrected chi connectivity index (χ0v) is 13.7. The first-order chi connectivity index (χ1) is 12.7. The second-order valence-corrected chi connectivity index (χ2v) is 6.09. The van der Waals surface area contributed by atoms with Gasteiger partial charge in [0.15, 0.2) is 5.58 Å². The zero-order valence-electron chi connectivity index (χ0n) is 13.7. The van der Waals surface area contributed by atoms with E-state index in [0.717, 1.165) is 23.1 Å². The van der Waals surface area contributed by atoms with Gasteiger partial charge in [-0.2, -0.15) is 8.78 Å². The summed E-state index contributed by atoms with van der Waals surface area (Å²) in [5, 5.41) is 21.9. The van der Waals surface area contributed by atoms with E-state index >= 15 is 8.78 Å². The van der Waals surface area contributed by atoms with Gasteiger partial charge >= 0.3 is 5.92 Å². The first-order valence-electron chi connectivity index (χ1n) is 7.71. The lowest BCUT2D eigenvalue weighted by Crippen LogP contribution is -2.50. The summed E-state index contributed by atoms with van der Waals surface area (Å²) in [6.07, 6.45) is 0. The molecule has 0 saturated heterocycles. The topological polar surface area (TPSA) is 110 Å². The Labute approximate surface area is 149 Å². The summed E-state index contributed by atoms with van der Waals surface area (Å²) in [6.45, 7) is 0. The number of halogens is 2. The Morgan fingerprint density at radius 1 is 1.30 bits per heavy atom. The fourth-order valence-electron chi connectivity index (χ4n) is 3.15. The van der Waals surface area contributed by atoms with Gasteiger partial charge < -0.3 is 14.4 Å². The number of nitrogens with zero attached hydrogens (tertiary/aromatic N) is 3. The number of nitro benzene ring substituents is 1. The number of benzene rings is 2. The van der Waals surface area contributed by atoms with Gasteiger partial charge in [0.25, 0.3) is 17.5 Å². The zero-order chi connectivity index (χ0) is 19.6. The molecule has 138 valence electrons. The van der Waals surface area contributed by atoms with E-state index in [1.54, 1.807) is 12.1 Å². The Hall–Kier alpha value is -3.40. The van der Waals surface area contributed by atoms with Crippen LogP contribution in [0.1, 0.15) is 11.5 Å². The molecule has 1 unspecified atom stereocenters. The molecule has 0 spiro atoms. The van der Waals surface area contributed by atoms with Crippen LogP contribution in [0.3, 0.4) is 0 Å². The highest BCUT2D eigenvalue weighted by Crippen LogP contribution is 2.53. The van der Waals surface area contributed by atoms with Gasteiger partial charge in [-0.3, -0.25) is 14.9 Å². The molecule has 1 N–H and O–H groups in total. The molecule has 27 heavy (non-hydrogen) atoms. The number of carbonyl (C=O) groups is 1. The van der Waals surface area contributed by atoms with Gasteiger partial charge in [0.1, 0.15) is 5.52 Å². The highest BCUT2D eigenvalue weighted by atomic mass is 19.3. The molecule has 0 saturated carbocycles. The lowest BCUT2D eigenvalue weighted by molar-refractivity contribution is -0.385. The number of aromatic nitrogens is 1. The molecule has 0 aliphatic carbocycles. The number of amides is 1. The van der Waals surface area contributed by atoms with Gasteiger partial charge in [0.05, 0.1) is 10.6 Å². The third-order valence-electron chi connectivity index (χ3n) is 4.57. The molecule has 1 atom stereocenters. The highest BCUT2D eigenvalue weighted by Gasteiger charge is 2.68. The summed E-state index contributed by atoms with van der Waals surface area (Å²) in [6, 6.07) is 8.91. The molecule has 3 aromatic rings. The average Bonchev–Trinajstić information content (AvgIpc) is 3.17. The quantitative estimate of drug-likeness (QED) is 0.557. The Balaban J connectivity index is 1.95. The maximum Gasteiger partial charge on any atom is 0.363 e. The summed E-state index contributed by atoms with van der Waals surface area (Å²) in [5.74, 6) is -6.78. The first kappa shape index (κ1) is 17.0. The van der Waals surface area contributed by atoms with Crippen molar-refractivity contribution in [1.29, 1.82) is 0 Å². The van der Waals surface area contributed by atoms with E-state index in [9.17, 15) is 20.0 Å². The SMILES string of the molecule is CN1C(=O)C(O)(C(F)(F)c2nc3ccccc3o2)c2cc([N+](=O)[O-])ccc21. The van der Waals surface area contributed by atoms with Crippen molar-refractivity contribution in [2.45, 2.75) is 11.5 Å². The molecule has 10 heteroatoms. The number of carbonyl (C=O) groups excluding carboxylic acids is 1. The molecule has 1 aliphatic rings. The molecule has 1 amide bonds.